The van der Waals surface area contributed by atoms with Gasteiger partial charge in [-0.15, -0.1) is 0 Å². The molecule has 0 aliphatic carbocycles. The maximum Gasteiger partial charge on any atom is 0.280 e. The topological polar surface area (TPSA) is 82.6 Å². The molecule has 1 aromatic heterocycles. The lowest BCUT2D eigenvalue weighted by atomic mass is 10.1. The number of para-hydroxylation sites is 1. The second kappa shape index (κ2) is 5.92. The van der Waals surface area contributed by atoms with E-state index in [1.807, 2.05) is 6.92 Å². The van der Waals surface area contributed by atoms with E-state index in [-0.39, 0.29) is 22.4 Å². The minimum absolute atomic E-state index is 0.141. The van der Waals surface area contributed by atoms with Gasteiger partial charge in [0, 0.05) is 12.1 Å². The predicted octanol–water partition coefficient (Wildman–Crippen LogP) is 3.77. The Morgan fingerprint density at radius 1 is 1.17 bits per heavy atom. The first kappa shape index (κ1) is 14.8. The van der Waals surface area contributed by atoms with E-state index in [2.05, 4.69) is 0 Å². The van der Waals surface area contributed by atoms with Crippen LogP contribution >= 0.6 is 0 Å². The molecule has 6 heteroatoms. The van der Waals surface area contributed by atoms with Crippen LogP contribution < -0.4 is 10.2 Å². The van der Waals surface area contributed by atoms with Gasteiger partial charge in [0.15, 0.2) is 5.43 Å². The van der Waals surface area contributed by atoms with Gasteiger partial charge in [0.1, 0.15) is 17.1 Å². The fourth-order valence-corrected chi connectivity index (χ4v) is 2.36. The van der Waals surface area contributed by atoms with Crippen LogP contribution in [0.25, 0.3) is 22.3 Å². The summed E-state index contributed by atoms with van der Waals surface area (Å²) in [5, 5.41) is 11.7. The molecule has 0 atom stereocenters. The largest absolute Gasteiger partial charge is 0.494 e. The van der Waals surface area contributed by atoms with Crippen molar-refractivity contribution in [2.45, 2.75) is 6.92 Å². The number of nitro benzene ring substituents is 1. The fourth-order valence-electron chi connectivity index (χ4n) is 2.36. The van der Waals surface area contributed by atoms with Gasteiger partial charge in [0.05, 0.1) is 22.5 Å². The smallest absolute Gasteiger partial charge is 0.280 e. The highest BCUT2D eigenvalue weighted by Crippen LogP contribution is 2.33. The number of hydrogen-bond acceptors (Lipinski definition) is 5. The van der Waals surface area contributed by atoms with Crippen LogP contribution in [0.1, 0.15) is 6.92 Å². The summed E-state index contributed by atoms with van der Waals surface area (Å²) < 4.78 is 11.1. The van der Waals surface area contributed by atoms with Gasteiger partial charge in [0.2, 0.25) is 0 Å². The maximum atomic E-state index is 12.2. The molecule has 3 aromatic rings. The zero-order chi connectivity index (χ0) is 16.4. The number of nitrogens with zero attached hydrogens (tertiary/aromatic N) is 1. The van der Waals surface area contributed by atoms with E-state index >= 15 is 0 Å². The van der Waals surface area contributed by atoms with Crippen LogP contribution in [-0.2, 0) is 0 Å². The summed E-state index contributed by atoms with van der Waals surface area (Å²) in [4.78, 5) is 22.9. The van der Waals surface area contributed by atoms with E-state index in [9.17, 15) is 14.9 Å². The number of nitro groups is 1. The summed E-state index contributed by atoms with van der Waals surface area (Å²) in [5.41, 5.74) is 0.194. The number of rotatable bonds is 4. The molecule has 3 rings (SSSR count). The highest BCUT2D eigenvalue weighted by atomic mass is 16.6. The Morgan fingerprint density at radius 2 is 1.96 bits per heavy atom. The van der Waals surface area contributed by atoms with E-state index in [0.717, 1.165) is 0 Å². The van der Waals surface area contributed by atoms with Crippen molar-refractivity contribution in [2.24, 2.45) is 0 Å². The molecule has 0 spiro atoms. The average molecular weight is 311 g/mol. The maximum absolute atomic E-state index is 12.2. The molecule has 116 valence electrons. The van der Waals surface area contributed by atoms with E-state index in [4.69, 9.17) is 9.15 Å². The van der Waals surface area contributed by atoms with Crippen LogP contribution in [0.3, 0.4) is 0 Å². The number of ether oxygens (including phenoxy) is 1. The molecule has 6 nitrogen and oxygen atoms in total. The van der Waals surface area contributed by atoms with Crippen molar-refractivity contribution in [2.75, 3.05) is 6.61 Å². The van der Waals surface area contributed by atoms with Crippen molar-refractivity contribution in [3.63, 3.8) is 0 Å². The van der Waals surface area contributed by atoms with Gasteiger partial charge in [0.25, 0.3) is 5.69 Å². The Bertz CT molecular complexity index is 945. The number of hydrogen-bond donors (Lipinski definition) is 0. The number of fused-ring (bicyclic) bond motifs is 1. The second-order valence-electron chi connectivity index (χ2n) is 4.84. The first-order chi connectivity index (χ1) is 11.1. The molecule has 0 bridgehead atoms. The van der Waals surface area contributed by atoms with Crippen molar-refractivity contribution in [3.8, 4) is 17.1 Å². The zero-order valence-electron chi connectivity index (χ0n) is 12.3. The molecule has 2 aromatic carbocycles. The molecule has 0 saturated carbocycles. The Balaban J connectivity index is 2.26. The molecular weight excluding hydrogens is 298 g/mol. The molecule has 0 saturated heterocycles. The highest BCUT2D eigenvalue weighted by molar-refractivity contribution is 5.80. The lowest BCUT2D eigenvalue weighted by molar-refractivity contribution is -0.384. The van der Waals surface area contributed by atoms with Gasteiger partial charge >= 0.3 is 0 Å². The van der Waals surface area contributed by atoms with Crippen molar-refractivity contribution in [1.29, 1.82) is 0 Å². The van der Waals surface area contributed by atoms with Gasteiger partial charge in [-0.2, -0.15) is 0 Å². The van der Waals surface area contributed by atoms with Crippen molar-refractivity contribution in [1.82, 2.24) is 0 Å². The summed E-state index contributed by atoms with van der Waals surface area (Å²) in [5.74, 6) is 0.617. The third-order valence-electron chi connectivity index (χ3n) is 3.38. The van der Waals surface area contributed by atoms with Crippen LogP contribution in [0, 0.1) is 10.1 Å². The first-order valence-electron chi connectivity index (χ1n) is 7.04. The van der Waals surface area contributed by atoms with Gasteiger partial charge in [-0.3, -0.25) is 14.9 Å². The van der Waals surface area contributed by atoms with E-state index in [0.29, 0.717) is 23.3 Å². The summed E-state index contributed by atoms with van der Waals surface area (Å²) in [7, 11) is 0. The molecule has 23 heavy (non-hydrogen) atoms. The Kier molecular flexibility index (Phi) is 3.80. The summed E-state index contributed by atoms with van der Waals surface area (Å²) in [6, 6.07) is 12.4. The predicted molar refractivity (Wildman–Crippen MR) is 85.7 cm³/mol. The van der Waals surface area contributed by atoms with Crippen LogP contribution in [0.5, 0.6) is 5.75 Å². The minimum atomic E-state index is -0.514. The summed E-state index contributed by atoms with van der Waals surface area (Å²) in [6.45, 7) is 2.25. The van der Waals surface area contributed by atoms with Gasteiger partial charge < -0.3 is 9.15 Å². The van der Waals surface area contributed by atoms with Crippen molar-refractivity contribution < 1.29 is 14.1 Å². The zero-order valence-corrected chi connectivity index (χ0v) is 12.3. The summed E-state index contributed by atoms with van der Waals surface area (Å²) >= 11 is 0. The molecule has 1 heterocycles. The molecule has 0 aliphatic heterocycles. The standard InChI is InChI=1S/C17H13NO5/c1-2-22-11-7-8-14(18(20)21)13(9-11)17-10-15(19)12-5-3-4-6-16(12)23-17/h3-10H,2H2,1H3. The minimum Gasteiger partial charge on any atom is -0.494 e. The molecule has 0 unspecified atom stereocenters. The van der Waals surface area contributed by atoms with E-state index < -0.39 is 4.92 Å². The molecule has 0 N–H and O–H groups in total. The Labute approximate surface area is 131 Å². The summed E-state index contributed by atoms with van der Waals surface area (Å²) in [6.07, 6.45) is 0. The van der Waals surface area contributed by atoms with E-state index in [1.54, 1.807) is 24.3 Å². The monoisotopic (exact) mass is 311 g/mol. The fraction of sp³-hybridized carbons (Fsp3) is 0.118. The normalized spacial score (nSPS) is 10.7. The Hall–Kier alpha value is -3.15. The van der Waals surface area contributed by atoms with Gasteiger partial charge in [-0.1, -0.05) is 12.1 Å². The lowest BCUT2D eigenvalue weighted by Gasteiger charge is -2.07. The third kappa shape index (κ3) is 2.78. The second-order valence-corrected chi connectivity index (χ2v) is 4.84. The van der Waals surface area contributed by atoms with Crippen LogP contribution in [0.15, 0.2) is 57.7 Å². The van der Waals surface area contributed by atoms with E-state index in [1.165, 1.54) is 24.3 Å². The SMILES string of the molecule is CCOc1ccc([N+](=O)[O-])c(-c2cc(=O)c3ccccc3o2)c1. The quantitative estimate of drug-likeness (QED) is 0.541. The molecule has 0 aliphatic rings. The molecular formula is C17H13NO5. The lowest BCUT2D eigenvalue weighted by Crippen LogP contribution is -2.01. The van der Waals surface area contributed by atoms with Gasteiger partial charge in [-0.25, -0.2) is 0 Å². The number of benzene rings is 2. The molecule has 0 fully saturated rings. The highest BCUT2D eigenvalue weighted by Gasteiger charge is 2.19. The Morgan fingerprint density at radius 3 is 2.70 bits per heavy atom. The van der Waals surface area contributed by atoms with Crippen molar-refractivity contribution in [3.05, 3.63) is 68.9 Å². The van der Waals surface area contributed by atoms with Crippen LogP contribution in [0.2, 0.25) is 0 Å². The molecule has 0 radical (unpaired) electrons. The van der Waals surface area contributed by atoms with Crippen LogP contribution in [-0.4, -0.2) is 11.5 Å². The average Bonchev–Trinajstić information content (AvgIpc) is 2.55. The third-order valence-corrected chi connectivity index (χ3v) is 3.38. The first-order valence-corrected chi connectivity index (χ1v) is 7.04. The van der Waals surface area contributed by atoms with Crippen LogP contribution in [0.4, 0.5) is 5.69 Å². The van der Waals surface area contributed by atoms with Gasteiger partial charge in [-0.05, 0) is 31.2 Å². The van der Waals surface area contributed by atoms with Crippen molar-refractivity contribution >= 4 is 16.7 Å². The molecule has 0 amide bonds.